The standard InChI is InChI=1S/C23H42N2O5/c1-3-5-22(26)29-18-20-6-8-21(9-7-20)19-30-23(27)10-13-24(2)11-4-12-25-14-16-28-17-15-25/h20-21H,3-19H2,1-2H3. The first-order valence-corrected chi connectivity index (χ1v) is 11.9. The van der Waals surface area contributed by atoms with E-state index in [4.69, 9.17) is 14.2 Å². The minimum absolute atomic E-state index is 0.0837. The summed E-state index contributed by atoms with van der Waals surface area (Å²) in [4.78, 5) is 28.2. The molecule has 30 heavy (non-hydrogen) atoms. The van der Waals surface area contributed by atoms with Crippen molar-refractivity contribution in [3.8, 4) is 0 Å². The number of esters is 2. The summed E-state index contributed by atoms with van der Waals surface area (Å²) >= 11 is 0. The maximum atomic E-state index is 12.1. The fraction of sp³-hybridized carbons (Fsp3) is 0.913. The predicted octanol–water partition coefficient (Wildman–Crippen LogP) is 2.72. The molecule has 0 bridgehead atoms. The monoisotopic (exact) mass is 426 g/mol. The summed E-state index contributed by atoms with van der Waals surface area (Å²) in [5.74, 6) is 0.733. The maximum Gasteiger partial charge on any atom is 0.307 e. The first-order valence-electron chi connectivity index (χ1n) is 11.9. The zero-order valence-corrected chi connectivity index (χ0v) is 19.1. The Balaban J connectivity index is 1.46. The molecule has 2 fully saturated rings. The highest BCUT2D eigenvalue weighted by Gasteiger charge is 2.23. The molecule has 7 heteroatoms. The van der Waals surface area contributed by atoms with Crippen LogP contribution in [0.4, 0.5) is 0 Å². The summed E-state index contributed by atoms with van der Waals surface area (Å²) in [6.45, 7) is 9.65. The van der Waals surface area contributed by atoms with Crippen LogP contribution in [0.15, 0.2) is 0 Å². The van der Waals surface area contributed by atoms with Crippen LogP contribution in [0.3, 0.4) is 0 Å². The third-order valence-electron chi connectivity index (χ3n) is 6.20. The first kappa shape index (κ1) is 25.1. The second-order valence-corrected chi connectivity index (χ2v) is 8.86. The van der Waals surface area contributed by atoms with E-state index < -0.39 is 0 Å². The molecule has 0 aromatic carbocycles. The van der Waals surface area contributed by atoms with Gasteiger partial charge < -0.3 is 19.1 Å². The van der Waals surface area contributed by atoms with Crippen molar-refractivity contribution < 1.29 is 23.8 Å². The van der Waals surface area contributed by atoms with E-state index in [-0.39, 0.29) is 11.9 Å². The van der Waals surface area contributed by atoms with E-state index in [0.717, 1.165) is 84.5 Å². The van der Waals surface area contributed by atoms with E-state index in [1.165, 1.54) is 0 Å². The van der Waals surface area contributed by atoms with Gasteiger partial charge in [-0.05, 0) is 70.5 Å². The highest BCUT2D eigenvalue weighted by molar-refractivity contribution is 5.69. The average Bonchev–Trinajstić information content (AvgIpc) is 2.76. The van der Waals surface area contributed by atoms with Gasteiger partial charge in [0, 0.05) is 26.1 Å². The summed E-state index contributed by atoms with van der Waals surface area (Å²) in [6, 6.07) is 0. The van der Waals surface area contributed by atoms with Gasteiger partial charge in [-0.25, -0.2) is 0 Å². The molecule has 2 rings (SSSR count). The lowest BCUT2D eigenvalue weighted by molar-refractivity contribution is -0.147. The van der Waals surface area contributed by atoms with Gasteiger partial charge in [-0.1, -0.05) is 6.92 Å². The zero-order chi connectivity index (χ0) is 21.6. The van der Waals surface area contributed by atoms with Crippen molar-refractivity contribution in [3.63, 3.8) is 0 Å². The number of hydrogen-bond donors (Lipinski definition) is 0. The molecule has 0 spiro atoms. The second kappa shape index (κ2) is 14.8. The highest BCUT2D eigenvalue weighted by atomic mass is 16.5. The number of rotatable bonds is 13. The summed E-state index contributed by atoms with van der Waals surface area (Å²) in [7, 11) is 2.07. The molecule has 0 aromatic rings. The lowest BCUT2D eigenvalue weighted by Crippen LogP contribution is -2.38. The van der Waals surface area contributed by atoms with Gasteiger partial charge in [-0.3, -0.25) is 14.5 Å². The Morgan fingerprint density at radius 2 is 1.50 bits per heavy atom. The van der Waals surface area contributed by atoms with Crippen molar-refractivity contribution in [1.82, 2.24) is 9.80 Å². The number of ether oxygens (including phenoxy) is 3. The quantitative estimate of drug-likeness (QED) is 0.420. The molecule has 1 heterocycles. The molecule has 1 saturated carbocycles. The topological polar surface area (TPSA) is 68.3 Å². The molecule has 1 saturated heterocycles. The summed E-state index contributed by atoms with van der Waals surface area (Å²) in [6.07, 6.45) is 7.10. The molecule has 174 valence electrons. The van der Waals surface area contributed by atoms with Crippen LogP contribution in [-0.4, -0.2) is 87.9 Å². The SMILES string of the molecule is CCCC(=O)OCC1CCC(COC(=O)CCN(C)CCCN2CCOCC2)CC1. The van der Waals surface area contributed by atoms with Gasteiger partial charge in [0.15, 0.2) is 0 Å². The number of hydrogen-bond acceptors (Lipinski definition) is 7. The van der Waals surface area contributed by atoms with Gasteiger partial charge in [-0.2, -0.15) is 0 Å². The van der Waals surface area contributed by atoms with Gasteiger partial charge >= 0.3 is 11.9 Å². The molecular formula is C23H42N2O5. The zero-order valence-electron chi connectivity index (χ0n) is 19.1. The number of nitrogens with zero attached hydrogens (tertiary/aromatic N) is 2. The van der Waals surface area contributed by atoms with Gasteiger partial charge in [0.1, 0.15) is 0 Å². The molecule has 1 aliphatic carbocycles. The molecule has 2 aliphatic rings. The van der Waals surface area contributed by atoms with Crippen LogP contribution in [0.1, 0.15) is 58.3 Å². The number of morpholine rings is 1. The van der Waals surface area contributed by atoms with Gasteiger partial charge in [-0.15, -0.1) is 0 Å². The Morgan fingerprint density at radius 3 is 2.07 bits per heavy atom. The summed E-state index contributed by atoms with van der Waals surface area (Å²) in [5, 5.41) is 0. The minimum atomic E-state index is -0.0920. The van der Waals surface area contributed by atoms with Crippen LogP contribution in [0.5, 0.6) is 0 Å². The van der Waals surface area contributed by atoms with Crippen LogP contribution >= 0.6 is 0 Å². The number of carbonyl (C=O) groups is 2. The van der Waals surface area contributed by atoms with Crippen molar-refractivity contribution >= 4 is 11.9 Å². The Bertz CT molecular complexity index is 488. The third kappa shape index (κ3) is 10.7. The van der Waals surface area contributed by atoms with Crippen molar-refractivity contribution in [3.05, 3.63) is 0 Å². The summed E-state index contributed by atoms with van der Waals surface area (Å²) < 4.78 is 16.2. The normalized spacial score (nSPS) is 22.8. The Hall–Kier alpha value is -1.18. The second-order valence-electron chi connectivity index (χ2n) is 8.86. The van der Waals surface area contributed by atoms with Gasteiger partial charge in [0.25, 0.3) is 0 Å². The molecule has 1 aliphatic heterocycles. The Labute approximate surface area is 182 Å². The molecule has 0 amide bonds. The third-order valence-corrected chi connectivity index (χ3v) is 6.20. The fourth-order valence-corrected chi connectivity index (χ4v) is 4.12. The number of carbonyl (C=O) groups excluding carboxylic acids is 2. The van der Waals surface area contributed by atoms with Crippen LogP contribution in [-0.2, 0) is 23.8 Å². The largest absolute Gasteiger partial charge is 0.465 e. The first-order chi connectivity index (χ1) is 14.6. The van der Waals surface area contributed by atoms with Crippen LogP contribution in [0.2, 0.25) is 0 Å². The molecule has 0 aromatic heterocycles. The lowest BCUT2D eigenvalue weighted by atomic mass is 9.83. The van der Waals surface area contributed by atoms with E-state index >= 15 is 0 Å². The molecule has 7 nitrogen and oxygen atoms in total. The van der Waals surface area contributed by atoms with E-state index in [9.17, 15) is 9.59 Å². The average molecular weight is 427 g/mol. The molecular weight excluding hydrogens is 384 g/mol. The van der Waals surface area contributed by atoms with Crippen molar-refractivity contribution in [2.45, 2.75) is 58.3 Å². The Morgan fingerprint density at radius 1 is 0.933 bits per heavy atom. The smallest absolute Gasteiger partial charge is 0.307 e. The van der Waals surface area contributed by atoms with Crippen LogP contribution < -0.4 is 0 Å². The van der Waals surface area contributed by atoms with E-state index in [1.807, 2.05) is 6.92 Å². The van der Waals surface area contributed by atoms with E-state index in [1.54, 1.807) is 0 Å². The van der Waals surface area contributed by atoms with E-state index in [2.05, 4.69) is 16.8 Å². The van der Waals surface area contributed by atoms with Crippen LogP contribution in [0, 0.1) is 11.8 Å². The van der Waals surface area contributed by atoms with Gasteiger partial charge in [0.2, 0.25) is 0 Å². The van der Waals surface area contributed by atoms with Crippen LogP contribution in [0.25, 0.3) is 0 Å². The molecule has 0 atom stereocenters. The van der Waals surface area contributed by atoms with Crippen molar-refractivity contribution in [2.24, 2.45) is 11.8 Å². The predicted molar refractivity (Wildman–Crippen MR) is 116 cm³/mol. The lowest BCUT2D eigenvalue weighted by Gasteiger charge is -2.28. The maximum absolute atomic E-state index is 12.1. The molecule has 0 unspecified atom stereocenters. The van der Waals surface area contributed by atoms with Gasteiger partial charge in [0.05, 0.1) is 32.8 Å². The summed E-state index contributed by atoms with van der Waals surface area (Å²) in [5.41, 5.74) is 0. The Kier molecular flexibility index (Phi) is 12.3. The molecule has 0 N–H and O–H groups in total. The van der Waals surface area contributed by atoms with E-state index in [0.29, 0.717) is 37.9 Å². The molecule has 0 radical (unpaired) electrons. The fourth-order valence-electron chi connectivity index (χ4n) is 4.12. The van der Waals surface area contributed by atoms with Crippen molar-refractivity contribution in [1.29, 1.82) is 0 Å². The minimum Gasteiger partial charge on any atom is -0.465 e. The van der Waals surface area contributed by atoms with Crippen molar-refractivity contribution in [2.75, 3.05) is 66.2 Å². The highest BCUT2D eigenvalue weighted by Crippen LogP contribution is 2.29.